The van der Waals surface area contributed by atoms with Crippen LogP contribution in [0.3, 0.4) is 0 Å². The van der Waals surface area contributed by atoms with Crippen molar-refractivity contribution >= 4 is 17.5 Å². The van der Waals surface area contributed by atoms with E-state index in [4.69, 9.17) is 23.7 Å². The van der Waals surface area contributed by atoms with Crippen molar-refractivity contribution in [2.45, 2.75) is 42.9 Å². The summed E-state index contributed by atoms with van der Waals surface area (Å²) in [6, 6.07) is 7.91. The zero-order valence-corrected chi connectivity index (χ0v) is 20.5. The van der Waals surface area contributed by atoms with E-state index in [2.05, 4.69) is 13.0 Å². The van der Waals surface area contributed by atoms with Gasteiger partial charge in [-0.05, 0) is 60.4 Å². The minimum absolute atomic E-state index is 0.0188. The number of hydrogen-bond donors (Lipinski definition) is 0. The molecule has 174 valence electrons. The molecule has 0 radical (unpaired) electrons. The van der Waals surface area contributed by atoms with Crippen LogP contribution in [0, 0.1) is 0 Å². The van der Waals surface area contributed by atoms with E-state index in [-0.39, 0.29) is 17.6 Å². The number of carbonyl (C=O) groups is 1. The highest BCUT2D eigenvalue weighted by Gasteiger charge is 2.38. The minimum Gasteiger partial charge on any atom is -0.493 e. The van der Waals surface area contributed by atoms with E-state index in [0.29, 0.717) is 36.0 Å². The maximum Gasteiger partial charge on any atom is 0.203 e. The second kappa shape index (κ2) is 10.9. The Morgan fingerprint density at radius 3 is 2.00 bits per heavy atom. The summed E-state index contributed by atoms with van der Waals surface area (Å²) in [7, 11) is 6.39. The minimum atomic E-state index is -0.300. The van der Waals surface area contributed by atoms with Gasteiger partial charge in [-0.25, -0.2) is 0 Å². The molecule has 2 atom stereocenters. The van der Waals surface area contributed by atoms with E-state index in [1.165, 1.54) is 0 Å². The monoisotopic (exact) mass is 460 g/mol. The topological polar surface area (TPSA) is 63.2 Å². The third-order valence-electron chi connectivity index (χ3n) is 5.86. The second-order valence-electron chi connectivity index (χ2n) is 7.65. The average molecular weight is 461 g/mol. The zero-order valence-electron chi connectivity index (χ0n) is 19.7. The highest BCUT2D eigenvalue weighted by Crippen LogP contribution is 2.50. The third kappa shape index (κ3) is 4.63. The van der Waals surface area contributed by atoms with Gasteiger partial charge in [0.05, 0.1) is 39.9 Å². The van der Waals surface area contributed by atoms with Crippen molar-refractivity contribution in [2.75, 3.05) is 41.3 Å². The van der Waals surface area contributed by atoms with Crippen molar-refractivity contribution in [3.63, 3.8) is 0 Å². The number of benzene rings is 2. The van der Waals surface area contributed by atoms with Crippen LogP contribution in [0.5, 0.6) is 28.7 Å². The van der Waals surface area contributed by atoms with Crippen LogP contribution < -0.4 is 23.7 Å². The van der Waals surface area contributed by atoms with Crippen LogP contribution in [0.2, 0.25) is 0 Å². The molecular formula is C25H32O6S. The molecule has 7 heteroatoms. The summed E-state index contributed by atoms with van der Waals surface area (Å²) in [4.78, 5) is 14.1. The fraction of sp³-hybridized carbons (Fsp3) is 0.480. The van der Waals surface area contributed by atoms with Crippen molar-refractivity contribution in [1.29, 1.82) is 0 Å². The SMILES string of the molecule is CCCOc1c(OC)cc(C2CCC(=O)C2c2cc(OC)c(OC)c(OC)c2)cc1SC. The number of ether oxygens (including phenoxy) is 5. The standard InChI is InChI=1S/C25H32O6S/c1-7-10-31-25-21(29-4)11-15(14-22(25)32-6)17-8-9-18(26)23(17)16-12-19(27-2)24(30-5)20(13-16)28-3/h11-14,17,23H,7-10H2,1-6H3. The quantitative estimate of drug-likeness (QED) is 0.436. The fourth-order valence-electron chi connectivity index (χ4n) is 4.36. The molecule has 1 aliphatic carbocycles. The fourth-order valence-corrected chi connectivity index (χ4v) is 4.96. The summed E-state index contributed by atoms with van der Waals surface area (Å²) in [5.41, 5.74) is 1.93. The molecule has 2 unspecified atom stereocenters. The van der Waals surface area contributed by atoms with E-state index in [1.807, 2.05) is 24.5 Å². The van der Waals surface area contributed by atoms with Gasteiger partial charge in [-0.2, -0.15) is 0 Å². The number of rotatable bonds is 10. The third-order valence-corrected chi connectivity index (χ3v) is 6.60. The number of carbonyl (C=O) groups excluding carboxylic acids is 1. The molecule has 2 aromatic carbocycles. The van der Waals surface area contributed by atoms with Gasteiger partial charge in [-0.3, -0.25) is 4.79 Å². The van der Waals surface area contributed by atoms with Crippen molar-refractivity contribution < 1.29 is 28.5 Å². The Morgan fingerprint density at radius 1 is 0.875 bits per heavy atom. The van der Waals surface area contributed by atoms with Crippen LogP contribution >= 0.6 is 11.8 Å². The van der Waals surface area contributed by atoms with E-state index in [0.717, 1.165) is 34.6 Å². The van der Waals surface area contributed by atoms with Gasteiger partial charge in [0.15, 0.2) is 23.0 Å². The molecule has 0 spiro atoms. The molecule has 0 aromatic heterocycles. The van der Waals surface area contributed by atoms with Gasteiger partial charge in [0.2, 0.25) is 5.75 Å². The molecule has 3 rings (SSSR count). The van der Waals surface area contributed by atoms with Crippen molar-refractivity contribution in [3.05, 3.63) is 35.4 Å². The van der Waals surface area contributed by atoms with Crippen molar-refractivity contribution in [2.24, 2.45) is 0 Å². The first-order chi connectivity index (χ1) is 15.5. The predicted molar refractivity (Wildman–Crippen MR) is 126 cm³/mol. The Bertz CT molecular complexity index is 907. The van der Waals surface area contributed by atoms with Crippen LogP contribution in [-0.4, -0.2) is 47.1 Å². The van der Waals surface area contributed by atoms with Crippen LogP contribution in [0.1, 0.15) is 49.1 Å². The van der Waals surface area contributed by atoms with Gasteiger partial charge in [-0.1, -0.05) is 6.92 Å². The highest BCUT2D eigenvalue weighted by atomic mass is 32.2. The average Bonchev–Trinajstić information content (AvgIpc) is 3.22. The molecule has 1 saturated carbocycles. The zero-order chi connectivity index (χ0) is 23.3. The first kappa shape index (κ1) is 24.1. The van der Waals surface area contributed by atoms with E-state index in [1.54, 1.807) is 40.2 Å². The maximum absolute atomic E-state index is 13.1. The van der Waals surface area contributed by atoms with Crippen LogP contribution in [0.4, 0.5) is 0 Å². The Hall–Kier alpha value is -2.54. The molecule has 0 saturated heterocycles. The number of hydrogen-bond acceptors (Lipinski definition) is 7. The highest BCUT2D eigenvalue weighted by molar-refractivity contribution is 7.98. The molecule has 1 aliphatic rings. The van der Waals surface area contributed by atoms with E-state index in [9.17, 15) is 4.79 Å². The molecule has 6 nitrogen and oxygen atoms in total. The summed E-state index contributed by atoms with van der Waals surface area (Å²) in [5, 5.41) is 0. The van der Waals surface area contributed by atoms with Crippen LogP contribution in [0.25, 0.3) is 0 Å². The van der Waals surface area contributed by atoms with E-state index >= 15 is 0 Å². The van der Waals surface area contributed by atoms with Crippen molar-refractivity contribution in [1.82, 2.24) is 0 Å². The van der Waals surface area contributed by atoms with Crippen LogP contribution in [-0.2, 0) is 4.79 Å². The van der Waals surface area contributed by atoms with Gasteiger partial charge >= 0.3 is 0 Å². The first-order valence-corrected chi connectivity index (χ1v) is 12.0. The van der Waals surface area contributed by atoms with Crippen LogP contribution in [0.15, 0.2) is 29.2 Å². The Balaban J connectivity index is 2.08. The van der Waals surface area contributed by atoms with E-state index < -0.39 is 0 Å². The van der Waals surface area contributed by atoms with Gasteiger partial charge in [-0.15, -0.1) is 11.8 Å². The van der Waals surface area contributed by atoms with Gasteiger partial charge in [0.1, 0.15) is 5.78 Å². The molecular weight excluding hydrogens is 428 g/mol. The number of thioether (sulfide) groups is 1. The maximum atomic E-state index is 13.1. The number of ketones is 1. The first-order valence-electron chi connectivity index (χ1n) is 10.7. The van der Waals surface area contributed by atoms with Crippen molar-refractivity contribution in [3.8, 4) is 28.7 Å². The lowest BCUT2D eigenvalue weighted by atomic mass is 9.83. The molecule has 2 aromatic rings. The Kier molecular flexibility index (Phi) is 8.18. The predicted octanol–water partition coefficient (Wildman–Crippen LogP) is 5.46. The van der Waals surface area contributed by atoms with Gasteiger partial charge < -0.3 is 23.7 Å². The Morgan fingerprint density at radius 2 is 1.47 bits per heavy atom. The lowest BCUT2D eigenvalue weighted by Gasteiger charge is -2.23. The molecule has 0 N–H and O–H groups in total. The normalized spacial score (nSPS) is 17.9. The molecule has 0 bridgehead atoms. The Labute approximate surface area is 194 Å². The van der Waals surface area contributed by atoms with Gasteiger partial charge in [0, 0.05) is 12.3 Å². The second-order valence-corrected chi connectivity index (χ2v) is 8.50. The van der Waals surface area contributed by atoms with Gasteiger partial charge in [0.25, 0.3) is 0 Å². The summed E-state index contributed by atoms with van der Waals surface area (Å²) >= 11 is 1.62. The summed E-state index contributed by atoms with van der Waals surface area (Å²) in [6.07, 6.45) is 4.23. The molecule has 0 amide bonds. The molecule has 1 fully saturated rings. The largest absolute Gasteiger partial charge is 0.493 e. The summed E-state index contributed by atoms with van der Waals surface area (Å²) in [6.45, 7) is 2.70. The number of methoxy groups -OCH3 is 4. The molecule has 32 heavy (non-hydrogen) atoms. The number of Topliss-reactive ketones (excluding diaryl/α,β-unsaturated/α-hetero) is 1. The molecule has 0 aliphatic heterocycles. The lowest BCUT2D eigenvalue weighted by molar-refractivity contribution is -0.118. The summed E-state index contributed by atoms with van der Waals surface area (Å²) < 4.78 is 28.2. The molecule has 0 heterocycles. The smallest absolute Gasteiger partial charge is 0.203 e. The lowest BCUT2D eigenvalue weighted by Crippen LogP contribution is -2.13. The summed E-state index contributed by atoms with van der Waals surface area (Å²) in [5.74, 6) is 3.00.